The smallest absolute Gasteiger partial charge is 0.303 e. The average molecular weight is 370 g/mol. The number of amides is 1. The number of benzene rings is 1. The summed E-state index contributed by atoms with van der Waals surface area (Å²) in [6.45, 7) is -0.212. The van der Waals surface area contributed by atoms with Gasteiger partial charge in [-0.05, 0) is 25.0 Å². The summed E-state index contributed by atoms with van der Waals surface area (Å²) in [5, 5.41) is 12.7. The largest absolute Gasteiger partial charge is 0.481 e. The van der Waals surface area contributed by atoms with E-state index in [-0.39, 0.29) is 24.3 Å². The number of rotatable bonds is 9. The van der Waals surface area contributed by atoms with Crippen molar-refractivity contribution in [2.24, 2.45) is 0 Å². The van der Waals surface area contributed by atoms with Gasteiger partial charge in [-0.2, -0.15) is 4.39 Å². The molecule has 0 radical (unpaired) electrons. The van der Waals surface area contributed by atoms with Crippen molar-refractivity contribution in [1.82, 2.24) is 10.3 Å². The summed E-state index contributed by atoms with van der Waals surface area (Å²) in [7, 11) is 0. The predicted octanol–water partition coefficient (Wildman–Crippen LogP) is 2.84. The normalized spacial score (nSPS) is 10.5. The molecule has 1 heterocycles. The molecule has 2 aromatic rings. The van der Waals surface area contributed by atoms with E-state index in [1.807, 2.05) is 0 Å². The molecule has 1 aromatic carbocycles. The van der Waals surface area contributed by atoms with Gasteiger partial charge in [0.15, 0.2) is 18.2 Å². The number of carboxylic acid groups (broad SMARTS) is 1. The monoisotopic (exact) mass is 370 g/mol. The first kappa shape index (κ1) is 18.8. The van der Waals surface area contributed by atoms with Gasteiger partial charge in [0.2, 0.25) is 5.82 Å². The van der Waals surface area contributed by atoms with Crippen molar-refractivity contribution >= 4 is 23.2 Å². The molecule has 2 rings (SSSR count). The Morgan fingerprint density at radius 2 is 2.08 bits per heavy atom. The van der Waals surface area contributed by atoms with Gasteiger partial charge in [-0.1, -0.05) is 0 Å². The number of carboxylic acids is 1. The highest BCUT2D eigenvalue weighted by Gasteiger charge is 2.18. The van der Waals surface area contributed by atoms with E-state index in [1.165, 1.54) is 17.4 Å². The number of hydrogen-bond donors (Lipinski definition) is 2. The van der Waals surface area contributed by atoms with Crippen molar-refractivity contribution in [3.63, 3.8) is 0 Å². The van der Waals surface area contributed by atoms with Crippen LogP contribution < -0.4 is 10.1 Å². The van der Waals surface area contributed by atoms with Crippen LogP contribution in [0.15, 0.2) is 23.0 Å². The van der Waals surface area contributed by atoms with Gasteiger partial charge in [-0.25, -0.2) is 9.37 Å². The maximum atomic E-state index is 14.0. The number of carbonyl (C=O) groups is 2. The molecule has 0 aliphatic heterocycles. The van der Waals surface area contributed by atoms with Crippen molar-refractivity contribution < 1.29 is 28.2 Å². The third-order valence-electron chi connectivity index (χ3n) is 3.25. The van der Waals surface area contributed by atoms with Gasteiger partial charge in [0.05, 0.1) is 11.2 Å². The maximum Gasteiger partial charge on any atom is 0.303 e. The number of carbonyl (C=O) groups excluding carboxylic acids is 1. The first-order chi connectivity index (χ1) is 12.0. The molecule has 1 aromatic heterocycles. The lowest BCUT2D eigenvalue weighted by Gasteiger charge is -2.12. The molecule has 9 heteroatoms. The third kappa shape index (κ3) is 5.49. The Morgan fingerprint density at radius 3 is 2.76 bits per heavy atom. The summed E-state index contributed by atoms with van der Waals surface area (Å²) in [5.74, 6) is -4.04. The van der Waals surface area contributed by atoms with Crippen LogP contribution in [0.1, 0.15) is 19.3 Å². The molecule has 1 amide bonds. The highest BCUT2D eigenvalue weighted by molar-refractivity contribution is 7.07. The van der Waals surface area contributed by atoms with Crippen molar-refractivity contribution in [2.75, 3.05) is 13.2 Å². The van der Waals surface area contributed by atoms with E-state index in [4.69, 9.17) is 9.84 Å². The molecular weight excluding hydrogens is 354 g/mol. The lowest BCUT2D eigenvalue weighted by molar-refractivity contribution is -0.137. The Kier molecular flexibility index (Phi) is 6.81. The molecule has 0 saturated heterocycles. The van der Waals surface area contributed by atoms with Crippen LogP contribution >= 0.6 is 11.3 Å². The van der Waals surface area contributed by atoms with Gasteiger partial charge in [0.25, 0.3) is 5.91 Å². The predicted molar refractivity (Wildman–Crippen MR) is 87.5 cm³/mol. The fourth-order valence-electron chi connectivity index (χ4n) is 2.04. The van der Waals surface area contributed by atoms with Crippen LogP contribution in [0, 0.1) is 11.6 Å². The third-order valence-corrected chi connectivity index (χ3v) is 3.83. The molecule has 0 saturated carbocycles. The molecule has 134 valence electrons. The Balaban J connectivity index is 1.93. The first-order valence-electron chi connectivity index (χ1n) is 7.47. The topological polar surface area (TPSA) is 88.5 Å². The van der Waals surface area contributed by atoms with Gasteiger partial charge < -0.3 is 15.2 Å². The van der Waals surface area contributed by atoms with Crippen LogP contribution in [0.25, 0.3) is 11.3 Å². The van der Waals surface area contributed by atoms with E-state index in [0.717, 1.165) is 6.07 Å². The molecule has 6 nitrogen and oxygen atoms in total. The number of halogens is 2. The zero-order valence-electron chi connectivity index (χ0n) is 13.1. The first-order valence-corrected chi connectivity index (χ1v) is 8.41. The fraction of sp³-hybridized carbons (Fsp3) is 0.312. The summed E-state index contributed by atoms with van der Waals surface area (Å²) in [6, 6.07) is 2.31. The van der Waals surface area contributed by atoms with E-state index in [9.17, 15) is 18.4 Å². The van der Waals surface area contributed by atoms with E-state index in [0.29, 0.717) is 18.5 Å². The van der Waals surface area contributed by atoms with E-state index >= 15 is 0 Å². The van der Waals surface area contributed by atoms with Gasteiger partial charge in [0.1, 0.15) is 0 Å². The zero-order chi connectivity index (χ0) is 18.2. The van der Waals surface area contributed by atoms with E-state index < -0.39 is 30.1 Å². The van der Waals surface area contributed by atoms with Crippen molar-refractivity contribution in [1.29, 1.82) is 0 Å². The van der Waals surface area contributed by atoms with Crippen LogP contribution in [0.2, 0.25) is 0 Å². The van der Waals surface area contributed by atoms with Crippen molar-refractivity contribution in [2.45, 2.75) is 19.3 Å². The maximum absolute atomic E-state index is 14.0. The molecular formula is C16H16F2N2O4S. The van der Waals surface area contributed by atoms with Crippen molar-refractivity contribution in [3.05, 3.63) is 34.7 Å². The molecule has 0 aliphatic rings. The molecule has 0 fully saturated rings. The summed E-state index contributed by atoms with van der Waals surface area (Å²) in [4.78, 5) is 26.1. The van der Waals surface area contributed by atoms with E-state index in [1.54, 1.807) is 10.9 Å². The lowest BCUT2D eigenvalue weighted by atomic mass is 10.1. The second kappa shape index (κ2) is 9.07. The summed E-state index contributed by atoms with van der Waals surface area (Å²) < 4.78 is 32.7. The van der Waals surface area contributed by atoms with Crippen molar-refractivity contribution in [3.8, 4) is 17.0 Å². The number of ether oxygens (including phenoxy) is 1. The van der Waals surface area contributed by atoms with Crippen LogP contribution in [-0.4, -0.2) is 35.1 Å². The number of unbranched alkanes of at least 4 members (excludes halogenated alkanes) is 1. The van der Waals surface area contributed by atoms with E-state index in [2.05, 4.69) is 10.3 Å². The molecule has 2 N–H and O–H groups in total. The number of nitrogens with zero attached hydrogens (tertiary/aromatic N) is 1. The molecule has 0 atom stereocenters. The van der Waals surface area contributed by atoms with Crippen LogP contribution in [0.5, 0.6) is 5.75 Å². The van der Waals surface area contributed by atoms with Gasteiger partial charge in [-0.3, -0.25) is 9.59 Å². The van der Waals surface area contributed by atoms with Crippen LogP contribution in [0.4, 0.5) is 8.78 Å². The second-order valence-electron chi connectivity index (χ2n) is 5.10. The average Bonchev–Trinajstić information content (AvgIpc) is 3.09. The number of hydrogen-bond acceptors (Lipinski definition) is 5. The lowest BCUT2D eigenvalue weighted by Crippen LogP contribution is -2.30. The molecule has 25 heavy (non-hydrogen) atoms. The molecule has 0 unspecified atom stereocenters. The highest BCUT2D eigenvalue weighted by atomic mass is 32.1. The SMILES string of the molecule is O=C(O)CCCCNC(=O)COc1c(-c2cscn2)ccc(F)c1F. The van der Waals surface area contributed by atoms with Gasteiger partial charge in [0, 0.05) is 23.9 Å². The molecule has 0 spiro atoms. The minimum Gasteiger partial charge on any atom is -0.481 e. The Bertz CT molecular complexity index is 738. The summed E-state index contributed by atoms with van der Waals surface area (Å²) in [6.07, 6.45) is 0.956. The minimum atomic E-state index is -1.18. The fourth-order valence-corrected chi connectivity index (χ4v) is 2.59. The number of thiazole rings is 1. The summed E-state index contributed by atoms with van der Waals surface area (Å²) >= 11 is 1.29. The zero-order valence-corrected chi connectivity index (χ0v) is 13.9. The second-order valence-corrected chi connectivity index (χ2v) is 5.82. The van der Waals surface area contributed by atoms with Crippen LogP contribution in [0.3, 0.4) is 0 Å². The number of aromatic nitrogens is 1. The van der Waals surface area contributed by atoms with Crippen LogP contribution in [-0.2, 0) is 9.59 Å². The Hall–Kier alpha value is -2.55. The minimum absolute atomic E-state index is 0.0257. The van der Waals surface area contributed by atoms with Gasteiger partial charge >= 0.3 is 5.97 Å². The molecule has 0 aliphatic carbocycles. The highest BCUT2D eigenvalue weighted by Crippen LogP contribution is 2.33. The Morgan fingerprint density at radius 1 is 1.28 bits per heavy atom. The number of aliphatic carboxylic acids is 1. The quantitative estimate of drug-likeness (QED) is 0.663. The molecule has 0 bridgehead atoms. The summed E-state index contributed by atoms with van der Waals surface area (Å²) in [5.41, 5.74) is 2.23. The van der Waals surface area contributed by atoms with Gasteiger partial charge in [-0.15, -0.1) is 11.3 Å². The number of nitrogens with one attached hydrogen (secondary N) is 1. The Labute approximate surface area is 146 Å². The standard InChI is InChI=1S/C16H16F2N2O4S/c17-11-5-4-10(12-8-25-9-20-12)16(15(11)18)24-7-13(21)19-6-2-1-3-14(22)23/h4-5,8-9H,1-3,6-7H2,(H,19,21)(H,22,23).